The molecule has 232 valence electrons. The highest BCUT2D eigenvalue weighted by atomic mass is 32.2. The number of non-ortho nitro benzene ring substituents is 1. The molecule has 5 aliphatic rings. The number of hydrogen-bond acceptors (Lipinski definition) is 11. The molecule has 0 bridgehead atoms. The zero-order chi connectivity index (χ0) is 30.6. The molecule has 1 aromatic heterocycles. The Morgan fingerprint density at radius 3 is 2.64 bits per heavy atom. The van der Waals surface area contributed by atoms with Crippen LogP contribution in [-0.2, 0) is 30.5 Å². The highest BCUT2D eigenvalue weighted by Gasteiger charge is 2.69. The van der Waals surface area contributed by atoms with Gasteiger partial charge in [0.05, 0.1) is 34.9 Å². The first kappa shape index (κ1) is 29.3. The number of rotatable bonds is 8. The van der Waals surface area contributed by atoms with Crippen LogP contribution in [0.1, 0.15) is 38.2 Å². The lowest BCUT2D eigenvalue weighted by molar-refractivity contribution is -0.384. The number of thiophene rings is 1. The number of nitro benzene ring substituents is 1. The summed E-state index contributed by atoms with van der Waals surface area (Å²) in [5.41, 5.74) is 1.40. The minimum absolute atomic E-state index is 0.0484. The number of likely N-dealkylation sites (tertiary alicyclic amines) is 1. The van der Waals surface area contributed by atoms with Gasteiger partial charge >= 0.3 is 5.97 Å². The first-order chi connectivity index (χ1) is 21.3. The molecule has 3 saturated heterocycles. The number of carbonyl (C=O) groups is 3. The van der Waals surface area contributed by atoms with E-state index in [-0.39, 0.29) is 41.5 Å². The van der Waals surface area contributed by atoms with Crippen LogP contribution in [0.3, 0.4) is 0 Å². The van der Waals surface area contributed by atoms with Gasteiger partial charge in [-0.3, -0.25) is 34.4 Å². The van der Waals surface area contributed by atoms with Gasteiger partial charge in [0.25, 0.3) is 11.6 Å². The van der Waals surface area contributed by atoms with Crippen molar-refractivity contribution in [2.24, 2.45) is 0 Å². The highest BCUT2D eigenvalue weighted by molar-refractivity contribution is 8.00. The van der Waals surface area contributed by atoms with Crippen molar-refractivity contribution in [3.8, 4) is 0 Å². The Labute approximate surface area is 262 Å². The maximum atomic E-state index is 14.0. The third kappa shape index (κ3) is 4.70. The molecule has 4 aliphatic heterocycles. The largest absolute Gasteiger partial charge is 0.456 e. The Balaban J connectivity index is 1.22. The van der Waals surface area contributed by atoms with E-state index >= 15 is 0 Å². The number of esters is 1. The van der Waals surface area contributed by atoms with E-state index in [2.05, 4.69) is 9.80 Å². The molecule has 7 rings (SSSR count). The van der Waals surface area contributed by atoms with Crippen LogP contribution in [0.15, 0.2) is 53.2 Å². The van der Waals surface area contributed by atoms with Crippen molar-refractivity contribution in [1.29, 1.82) is 0 Å². The number of nitro groups is 1. The summed E-state index contributed by atoms with van der Waals surface area (Å²) in [5.74, 6) is -0.644. The van der Waals surface area contributed by atoms with Crippen molar-refractivity contribution in [1.82, 2.24) is 14.7 Å². The van der Waals surface area contributed by atoms with Gasteiger partial charge < -0.3 is 14.4 Å². The average molecular weight is 640 g/mol. The van der Waals surface area contributed by atoms with Crippen molar-refractivity contribution in [3.63, 3.8) is 0 Å². The van der Waals surface area contributed by atoms with Crippen LogP contribution >= 0.6 is 23.1 Å². The summed E-state index contributed by atoms with van der Waals surface area (Å²) in [6.07, 6.45) is 4.18. The van der Waals surface area contributed by atoms with E-state index in [4.69, 9.17) is 9.47 Å². The maximum Gasteiger partial charge on any atom is 0.357 e. The molecule has 0 N–H and O–H groups in total. The van der Waals surface area contributed by atoms with Gasteiger partial charge in [-0.05, 0) is 54.5 Å². The highest BCUT2D eigenvalue weighted by Crippen LogP contribution is 2.58. The molecule has 4 atom stereocenters. The molecule has 0 spiro atoms. The monoisotopic (exact) mass is 639 g/mol. The topological polar surface area (TPSA) is 126 Å². The fraction of sp³-hybridized carbons (Fsp3) is 0.500. The molecular weight excluding hydrogens is 606 g/mol. The summed E-state index contributed by atoms with van der Waals surface area (Å²) in [6.45, 7) is 4.32. The predicted molar refractivity (Wildman–Crippen MR) is 163 cm³/mol. The predicted octanol–water partition coefficient (Wildman–Crippen LogP) is 3.53. The number of benzene rings is 1. The van der Waals surface area contributed by atoms with E-state index in [9.17, 15) is 24.5 Å². The van der Waals surface area contributed by atoms with E-state index in [0.29, 0.717) is 29.5 Å². The first-order valence-corrected chi connectivity index (χ1v) is 16.8. The second-order valence-corrected chi connectivity index (χ2v) is 13.6. The number of carbonyl (C=O) groups excluding carboxylic acids is 3. The molecule has 5 heterocycles. The van der Waals surface area contributed by atoms with Crippen LogP contribution in [0.4, 0.5) is 10.7 Å². The molecule has 2 unspecified atom stereocenters. The lowest BCUT2D eigenvalue weighted by Gasteiger charge is -2.52. The fourth-order valence-corrected chi connectivity index (χ4v) is 9.53. The Hall–Kier alpha value is -3.46. The minimum Gasteiger partial charge on any atom is -0.456 e. The third-order valence-corrected chi connectivity index (χ3v) is 11.4. The third-order valence-electron chi connectivity index (χ3n) is 9.31. The number of amides is 2. The standard InChI is InChI=1S/C30H33N5O7S2/c1-19(36)32(24-6-4-16-43-24)26-27(37)33-25(29(38)42-17-20-7-9-21(10-8-20)35(39)40)22(18-44-28(26)33)34-23-5-2-3-11-30(23,34)31-12-14-41-15-13-31/h4,6-10,16,23,26,28H,2-3,5,11-15,17-18H2,1H3/t23?,26-,28-,30?,34?/m1/s1. The molecule has 1 saturated carbocycles. The Bertz CT molecular complexity index is 1510. The van der Waals surface area contributed by atoms with Crippen LogP contribution in [0, 0.1) is 10.1 Å². The van der Waals surface area contributed by atoms with E-state index in [0.717, 1.165) is 44.5 Å². The summed E-state index contributed by atoms with van der Waals surface area (Å²) in [6, 6.07) is 9.05. The van der Waals surface area contributed by atoms with Crippen molar-refractivity contribution < 1.29 is 28.8 Å². The quantitative estimate of drug-likeness (QED) is 0.139. The summed E-state index contributed by atoms with van der Waals surface area (Å²) in [4.78, 5) is 59.3. The number of nitrogens with zero attached hydrogens (tertiary/aromatic N) is 5. The smallest absolute Gasteiger partial charge is 0.357 e. The number of morpholine rings is 1. The van der Waals surface area contributed by atoms with Gasteiger partial charge in [-0.15, -0.1) is 23.1 Å². The van der Waals surface area contributed by atoms with E-state index in [1.165, 1.54) is 35.3 Å². The van der Waals surface area contributed by atoms with E-state index in [1.807, 2.05) is 17.5 Å². The van der Waals surface area contributed by atoms with Gasteiger partial charge in [0.2, 0.25) is 5.91 Å². The SMILES string of the molecule is CC(=O)N(c1cccs1)[C@@H]1C(=O)N2C(C(=O)OCc3ccc([N+](=O)[O-])cc3)=C(N3C4CCCCC43N3CCOCC3)CS[C@H]12. The first-order valence-electron chi connectivity index (χ1n) is 14.9. The fourth-order valence-electron chi connectivity index (χ4n) is 7.33. The second kappa shape index (κ2) is 11.5. The number of anilines is 1. The summed E-state index contributed by atoms with van der Waals surface area (Å²) < 4.78 is 11.5. The molecule has 4 fully saturated rings. The van der Waals surface area contributed by atoms with Crippen molar-refractivity contribution in [2.75, 3.05) is 37.0 Å². The number of thioether (sulfide) groups is 1. The van der Waals surface area contributed by atoms with Crippen LogP contribution in [0.2, 0.25) is 0 Å². The van der Waals surface area contributed by atoms with Gasteiger partial charge in [0, 0.05) is 37.9 Å². The van der Waals surface area contributed by atoms with E-state index < -0.39 is 22.3 Å². The van der Waals surface area contributed by atoms with Crippen LogP contribution in [0.25, 0.3) is 0 Å². The zero-order valence-corrected chi connectivity index (χ0v) is 25.9. The zero-order valence-electron chi connectivity index (χ0n) is 24.3. The van der Waals surface area contributed by atoms with Gasteiger partial charge in [-0.1, -0.05) is 6.42 Å². The van der Waals surface area contributed by atoms with Gasteiger partial charge in [-0.25, -0.2) is 4.79 Å². The molecule has 2 aromatic rings. The normalized spacial score (nSPS) is 28.1. The molecule has 1 aromatic carbocycles. The maximum absolute atomic E-state index is 14.0. The van der Waals surface area contributed by atoms with Gasteiger partial charge in [0.1, 0.15) is 23.7 Å². The van der Waals surface area contributed by atoms with E-state index in [1.54, 1.807) is 28.8 Å². The number of ether oxygens (including phenoxy) is 2. The Morgan fingerprint density at radius 2 is 1.95 bits per heavy atom. The second-order valence-electron chi connectivity index (χ2n) is 11.6. The van der Waals surface area contributed by atoms with Crippen LogP contribution < -0.4 is 4.90 Å². The van der Waals surface area contributed by atoms with Gasteiger partial charge in [0.15, 0.2) is 5.70 Å². The summed E-state index contributed by atoms with van der Waals surface area (Å²) in [7, 11) is 0. The van der Waals surface area contributed by atoms with Crippen LogP contribution in [-0.4, -0.2) is 92.6 Å². The molecule has 12 nitrogen and oxygen atoms in total. The van der Waals surface area contributed by atoms with Gasteiger partial charge in [-0.2, -0.15) is 0 Å². The lowest BCUT2D eigenvalue weighted by Crippen LogP contribution is -2.71. The Morgan fingerprint density at radius 1 is 1.18 bits per heavy atom. The average Bonchev–Trinajstić information content (AvgIpc) is 3.42. The molecular formula is C30H33N5O7S2. The lowest BCUT2D eigenvalue weighted by atomic mass is 9.94. The molecule has 14 heteroatoms. The number of β-lactam (4-membered cyclic amide) rings is 1. The molecule has 44 heavy (non-hydrogen) atoms. The minimum atomic E-state index is -0.722. The summed E-state index contributed by atoms with van der Waals surface area (Å²) in [5, 5.41) is 13.2. The van der Waals surface area contributed by atoms with Crippen LogP contribution in [0.5, 0.6) is 0 Å². The van der Waals surface area contributed by atoms with Crippen molar-refractivity contribution in [3.05, 3.63) is 68.9 Å². The number of fused-ring (bicyclic) bond motifs is 2. The van der Waals surface area contributed by atoms with Crippen molar-refractivity contribution in [2.45, 2.75) is 62.3 Å². The summed E-state index contributed by atoms with van der Waals surface area (Å²) >= 11 is 2.97. The van der Waals surface area contributed by atoms with Crippen molar-refractivity contribution >= 4 is 51.6 Å². The molecule has 1 aliphatic carbocycles. The Kier molecular flexibility index (Phi) is 7.63. The molecule has 2 amide bonds. The molecule has 0 radical (unpaired) electrons. The number of hydrogen-bond donors (Lipinski definition) is 0.